The van der Waals surface area contributed by atoms with Crippen molar-refractivity contribution in [1.29, 1.82) is 0 Å². The lowest BCUT2D eigenvalue weighted by Gasteiger charge is -2.62. The van der Waals surface area contributed by atoms with E-state index in [0.717, 1.165) is 52.0 Å². The Balaban J connectivity index is 1.04. The number of ether oxygens (including phenoxy) is 4. The van der Waals surface area contributed by atoms with Gasteiger partial charge in [-0.25, -0.2) is 0 Å². The van der Waals surface area contributed by atoms with E-state index in [9.17, 15) is 15.0 Å². The van der Waals surface area contributed by atoms with Gasteiger partial charge in [0.1, 0.15) is 0 Å². The molecular weight excluding hydrogens is 620 g/mol. The monoisotopic (exact) mass is 686 g/mol. The molecule has 14 atom stereocenters. The van der Waals surface area contributed by atoms with Crippen molar-refractivity contribution in [2.24, 2.45) is 50.7 Å². The molecule has 278 valence electrons. The van der Waals surface area contributed by atoms with Gasteiger partial charge in [-0.2, -0.15) is 0 Å². The van der Waals surface area contributed by atoms with Gasteiger partial charge >= 0.3 is 5.97 Å². The predicted molar refractivity (Wildman–Crippen MR) is 185 cm³/mol. The fourth-order valence-corrected chi connectivity index (χ4v) is 14.6. The van der Waals surface area contributed by atoms with Gasteiger partial charge in [0.05, 0.1) is 36.6 Å². The number of esters is 1. The van der Waals surface area contributed by atoms with Crippen LogP contribution in [0, 0.1) is 50.7 Å². The molecule has 2 spiro atoms. The van der Waals surface area contributed by atoms with Gasteiger partial charge in [0.2, 0.25) is 0 Å². The smallest absolute Gasteiger partial charge is 0.303 e. The van der Waals surface area contributed by atoms with Crippen LogP contribution in [0.25, 0.3) is 0 Å². The van der Waals surface area contributed by atoms with Crippen LogP contribution >= 0.6 is 0 Å². The normalized spacial score (nSPS) is 51.5. The summed E-state index contributed by atoms with van der Waals surface area (Å²) in [5.74, 6) is 1.13. The summed E-state index contributed by atoms with van der Waals surface area (Å²) in [6.45, 7) is 21.8. The lowest BCUT2D eigenvalue weighted by Crippen LogP contribution is -2.61. The summed E-state index contributed by atoms with van der Waals surface area (Å²) in [6, 6.07) is 0.617. The largest absolute Gasteiger partial charge is 0.457 e. The second kappa shape index (κ2) is 11.6. The third-order valence-electron chi connectivity index (χ3n) is 17.0. The summed E-state index contributed by atoms with van der Waals surface area (Å²) in [6.07, 6.45) is 8.11. The molecule has 5 saturated carbocycles. The summed E-state index contributed by atoms with van der Waals surface area (Å²) in [7, 11) is 0. The van der Waals surface area contributed by atoms with Gasteiger partial charge in [-0.05, 0) is 111 Å². The number of fused-ring (bicyclic) bond motifs is 4. The molecule has 0 bridgehead atoms. The lowest BCUT2D eigenvalue weighted by atomic mass is 9.42. The van der Waals surface area contributed by atoms with Crippen molar-refractivity contribution in [1.82, 2.24) is 10.2 Å². The standard InChI is InChI=1S/C40H66N2O7/c1-23-18-26(34(36(5,6)45)47-24(2)43)48-32-31(23)37(7)14-15-40-22-39(40)13-9-10-29(49-30-21-42(16-17-46-30)25-19-41-20-25)35(3,4)27(39)11-12-28(40)38(37,8)33(32)44/h23,25-34,41,44-45H,9-22H2,1-8H3. The first-order valence-corrected chi connectivity index (χ1v) is 19.9. The number of aliphatic hydroxyl groups excluding tert-OH is 1. The highest BCUT2D eigenvalue weighted by Crippen LogP contribution is 2.89. The van der Waals surface area contributed by atoms with Gasteiger partial charge in [0, 0.05) is 44.6 Å². The minimum absolute atomic E-state index is 0.0479. The van der Waals surface area contributed by atoms with Crippen LogP contribution < -0.4 is 5.32 Å². The minimum Gasteiger partial charge on any atom is -0.457 e. The van der Waals surface area contributed by atoms with Crippen LogP contribution in [0.1, 0.15) is 113 Å². The van der Waals surface area contributed by atoms with Crippen LogP contribution in [-0.2, 0) is 23.7 Å². The molecule has 5 aliphatic carbocycles. The van der Waals surface area contributed by atoms with Crippen LogP contribution in [0.5, 0.6) is 0 Å². The first-order chi connectivity index (χ1) is 23.0. The molecule has 3 heterocycles. The fourth-order valence-electron chi connectivity index (χ4n) is 14.6. The molecule has 3 N–H and O–H groups in total. The van der Waals surface area contributed by atoms with E-state index in [1.807, 2.05) is 0 Å². The zero-order valence-electron chi connectivity index (χ0n) is 31.6. The summed E-state index contributed by atoms with van der Waals surface area (Å²) in [5, 5.41) is 27.1. The molecule has 8 fully saturated rings. The maximum absolute atomic E-state index is 12.6. The SMILES string of the molecule is CC(=O)OC(C1CC(C)C2C(O1)C(O)C1(C)C3CCC4C(C)(C)C(OC5CN(C6CNC6)CCO5)CCCC45CC35CCC21C)C(C)(C)O. The third kappa shape index (κ3) is 4.90. The number of morpholine rings is 1. The van der Waals surface area contributed by atoms with E-state index in [4.69, 9.17) is 18.9 Å². The predicted octanol–water partition coefficient (Wildman–Crippen LogP) is 4.91. The average Bonchev–Trinajstić information content (AvgIpc) is 3.65. The first-order valence-electron chi connectivity index (χ1n) is 19.9. The van der Waals surface area contributed by atoms with E-state index < -0.39 is 29.9 Å². The number of hydrogen-bond acceptors (Lipinski definition) is 9. The molecule has 0 aromatic heterocycles. The molecule has 8 aliphatic rings. The van der Waals surface area contributed by atoms with Gasteiger partial charge in [-0.3, -0.25) is 9.69 Å². The van der Waals surface area contributed by atoms with Gasteiger partial charge in [0.25, 0.3) is 0 Å². The summed E-state index contributed by atoms with van der Waals surface area (Å²) in [5.41, 5.74) is -0.955. The third-order valence-corrected chi connectivity index (χ3v) is 17.0. The Hall–Kier alpha value is -0.810. The second-order valence-electron chi connectivity index (χ2n) is 19.8. The average molecular weight is 687 g/mol. The van der Waals surface area contributed by atoms with Crippen molar-refractivity contribution in [3.05, 3.63) is 0 Å². The number of carbonyl (C=O) groups excluding carboxylic acids is 1. The molecule has 0 radical (unpaired) electrons. The quantitative estimate of drug-likeness (QED) is 0.336. The zero-order chi connectivity index (χ0) is 34.9. The zero-order valence-corrected chi connectivity index (χ0v) is 31.6. The van der Waals surface area contributed by atoms with Crippen LogP contribution in [0.15, 0.2) is 0 Å². The maximum Gasteiger partial charge on any atom is 0.303 e. The second-order valence-corrected chi connectivity index (χ2v) is 19.8. The number of carbonyl (C=O) groups is 1. The van der Waals surface area contributed by atoms with E-state index in [-0.39, 0.29) is 52.0 Å². The lowest BCUT2D eigenvalue weighted by molar-refractivity contribution is -0.235. The number of nitrogens with zero attached hydrogens (tertiary/aromatic N) is 1. The summed E-state index contributed by atoms with van der Waals surface area (Å²) in [4.78, 5) is 14.7. The van der Waals surface area contributed by atoms with Crippen molar-refractivity contribution >= 4 is 5.97 Å². The highest BCUT2D eigenvalue weighted by molar-refractivity contribution is 5.66. The minimum atomic E-state index is -1.25. The number of hydrogen-bond donors (Lipinski definition) is 3. The Bertz CT molecular complexity index is 1300. The highest BCUT2D eigenvalue weighted by Gasteiger charge is 2.84. The van der Waals surface area contributed by atoms with Crippen LogP contribution in [-0.4, -0.2) is 102 Å². The molecule has 9 heteroatoms. The summed E-state index contributed by atoms with van der Waals surface area (Å²) < 4.78 is 25.9. The van der Waals surface area contributed by atoms with E-state index in [2.05, 4.69) is 44.8 Å². The molecular formula is C40H66N2O7. The van der Waals surface area contributed by atoms with Crippen molar-refractivity contribution in [2.75, 3.05) is 32.8 Å². The van der Waals surface area contributed by atoms with Crippen molar-refractivity contribution in [3.8, 4) is 0 Å². The molecule has 49 heavy (non-hydrogen) atoms. The molecule has 8 rings (SSSR count). The van der Waals surface area contributed by atoms with Crippen molar-refractivity contribution in [2.45, 2.75) is 162 Å². The molecule has 0 amide bonds. The van der Waals surface area contributed by atoms with E-state index >= 15 is 0 Å². The molecule has 14 unspecified atom stereocenters. The molecule has 3 saturated heterocycles. The van der Waals surface area contributed by atoms with Gasteiger partial charge < -0.3 is 34.5 Å². The Morgan fingerprint density at radius 3 is 2.43 bits per heavy atom. The number of rotatable bonds is 6. The molecule has 3 aliphatic heterocycles. The van der Waals surface area contributed by atoms with E-state index in [1.165, 1.54) is 39.0 Å². The molecule has 0 aromatic rings. The van der Waals surface area contributed by atoms with Gasteiger partial charge in [-0.1, -0.05) is 41.0 Å². The topological polar surface area (TPSA) is 110 Å². The Morgan fingerprint density at radius 2 is 1.76 bits per heavy atom. The van der Waals surface area contributed by atoms with E-state index in [1.54, 1.807) is 13.8 Å². The Morgan fingerprint density at radius 1 is 1.04 bits per heavy atom. The van der Waals surface area contributed by atoms with Crippen molar-refractivity contribution in [3.63, 3.8) is 0 Å². The van der Waals surface area contributed by atoms with Gasteiger partial charge in [0.15, 0.2) is 12.4 Å². The maximum atomic E-state index is 12.6. The van der Waals surface area contributed by atoms with Crippen LogP contribution in [0.4, 0.5) is 0 Å². The van der Waals surface area contributed by atoms with Crippen LogP contribution in [0.2, 0.25) is 0 Å². The van der Waals surface area contributed by atoms with Crippen LogP contribution in [0.3, 0.4) is 0 Å². The molecule has 9 nitrogen and oxygen atoms in total. The fraction of sp³-hybridized carbons (Fsp3) is 0.975. The Kier molecular flexibility index (Phi) is 8.34. The first kappa shape index (κ1) is 35.2. The van der Waals surface area contributed by atoms with Crippen molar-refractivity contribution < 1.29 is 34.0 Å². The summed E-state index contributed by atoms with van der Waals surface area (Å²) >= 11 is 0. The Labute approximate surface area is 294 Å². The molecule has 0 aromatic carbocycles. The number of nitrogens with one attached hydrogen (secondary N) is 1. The van der Waals surface area contributed by atoms with Gasteiger partial charge in [-0.15, -0.1) is 0 Å². The number of aliphatic hydroxyl groups is 2. The van der Waals surface area contributed by atoms with E-state index in [0.29, 0.717) is 29.7 Å². The highest BCUT2D eigenvalue weighted by atomic mass is 16.7.